The van der Waals surface area contributed by atoms with Gasteiger partial charge in [0.2, 0.25) is 5.91 Å². The second-order valence-corrected chi connectivity index (χ2v) is 8.80. The molecule has 3 N–H and O–H groups in total. The molecule has 33 heavy (non-hydrogen) atoms. The average molecular weight is 446 g/mol. The van der Waals surface area contributed by atoms with Crippen LogP contribution in [0.3, 0.4) is 0 Å². The number of hydrogen-bond donors (Lipinski definition) is 3. The Hall–Kier alpha value is -3.80. The van der Waals surface area contributed by atoms with Crippen molar-refractivity contribution in [2.45, 2.75) is 32.7 Å². The summed E-state index contributed by atoms with van der Waals surface area (Å²) in [7, 11) is 0. The number of nitrogens with one attached hydrogen (secondary N) is 3. The van der Waals surface area contributed by atoms with Gasteiger partial charge < -0.3 is 20.7 Å². The van der Waals surface area contributed by atoms with Gasteiger partial charge in [0, 0.05) is 35.0 Å². The third-order valence-electron chi connectivity index (χ3n) is 4.71. The molecular weight excluding hydrogens is 414 g/mol. The lowest BCUT2D eigenvalue weighted by Gasteiger charge is -2.20. The highest BCUT2D eigenvalue weighted by molar-refractivity contribution is 5.95. The molecule has 0 aliphatic rings. The molecule has 0 fully saturated rings. The fraction of sp³-hybridized carbons (Fsp3) is 0.259. The van der Waals surface area contributed by atoms with Gasteiger partial charge in [-0.05, 0) is 62.7 Å². The molecule has 3 aromatic rings. The molecule has 0 spiro atoms. The molecule has 3 aromatic carbocycles. The van der Waals surface area contributed by atoms with E-state index in [9.17, 15) is 9.59 Å². The second kappa shape index (κ2) is 11.2. The molecule has 6 nitrogen and oxygen atoms in total. The van der Waals surface area contributed by atoms with E-state index in [1.54, 1.807) is 24.3 Å². The number of rotatable bonds is 9. The summed E-state index contributed by atoms with van der Waals surface area (Å²) in [4.78, 5) is 24.5. The summed E-state index contributed by atoms with van der Waals surface area (Å²) < 4.78 is 5.82. The van der Waals surface area contributed by atoms with E-state index in [2.05, 4.69) is 28.1 Å². The van der Waals surface area contributed by atoms with E-state index in [1.807, 2.05) is 63.2 Å². The van der Waals surface area contributed by atoms with E-state index in [0.717, 1.165) is 12.1 Å². The topological polar surface area (TPSA) is 79.5 Å². The van der Waals surface area contributed by atoms with Gasteiger partial charge in [-0.25, -0.2) is 0 Å². The Morgan fingerprint density at radius 3 is 2.27 bits per heavy atom. The monoisotopic (exact) mass is 445 g/mol. The maximum absolute atomic E-state index is 12.3. The molecule has 3 rings (SSSR count). The predicted octanol–water partition coefficient (Wildman–Crippen LogP) is 4.89. The van der Waals surface area contributed by atoms with Gasteiger partial charge in [-0.1, -0.05) is 36.4 Å². The molecule has 6 heteroatoms. The summed E-state index contributed by atoms with van der Waals surface area (Å²) >= 11 is 0. The average Bonchev–Trinajstić information content (AvgIpc) is 2.78. The van der Waals surface area contributed by atoms with Gasteiger partial charge in [-0.15, -0.1) is 0 Å². The fourth-order valence-electron chi connectivity index (χ4n) is 3.13. The van der Waals surface area contributed by atoms with Gasteiger partial charge >= 0.3 is 0 Å². The Labute approximate surface area is 195 Å². The highest BCUT2D eigenvalue weighted by Gasteiger charge is 2.15. The van der Waals surface area contributed by atoms with Crippen molar-refractivity contribution in [3.63, 3.8) is 0 Å². The summed E-state index contributed by atoms with van der Waals surface area (Å²) in [6, 6.07) is 24.5. The molecule has 0 aromatic heterocycles. The third-order valence-corrected chi connectivity index (χ3v) is 4.71. The van der Waals surface area contributed by atoms with Crippen LogP contribution in [0.2, 0.25) is 0 Å². The van der Waals surface area contributed by atoms with Crippen molar-refractivity contribution >= 4 is 23.2 Å². The number of carbonyl (C=O) groups is 2. The lowest BCUT2D eigenvalue weighted by molar-refractivity contribution is -0.114. The lowest BCUT2D eigenvalue weighted by Crippen LogP contribution is -2.40. The molecule has 172 valence electrons. The number of ether oxygens (including phenoxy) is 1. The first-order chi connectivity index (χ1) is 15.8. The smallest absolute Gasteiger partial charge is 0.251 e. The molecule has 0 bridgehead atoms. The Morgan fingerprint density at radius 1 is 0.848 bits per heavy atom. The Balaban J connectivity index is 1.45. The van der Waals surface area contributed by atoms with E-state index in [1.165, 1.54) is 5.56 Å². The van der Waals surface area contributed by atoms with Gasteiger partial charge in [-0.3, -0.25) is 9.59 Å². The minimum absolute atomic E-state index is 0.104. The predicted molar refractivity (Wildman–Crippen MR) is 133 cm³/mol. The molecular formula is C27H31N3O3. The Morgan fingerprint density at radius 2 is 1.58 bits per heavy atom. The second-order valence-electron chi connectivity index (χ2n) is 8.80. The van der Waals surface area contributed by atoms with E-state index >= 15 is 0 Å². The molecule has 0 saturated heterocycles. The molecule has 0 heterocycles. The van der Waals surface area contributed by atoms with Crippen molar-refractivity contribution in [1.29, 1.82) is 0 Å². The molecule has 0 aliphatic heterocycles. The molecule has 0 unspecified atom stereocenters. The van der Waals surface area contributed by atoms with Crippen LogP contribution in [0.5, 0.6) is 5.75 Å². The largest absolute Gasteiger partial charge is 0.493 e. The zero-order valence-electron chi connectivity index (χ0n) is 19.4. The van der Waals surface area contributed by atoms with Crippen LogP contribution in [-0.2, 0) is 11.2 Å². The van der Waals surface area contributed by atoms with Crippen LogP contribution in [0, 0.1) is 0 Å². The van der Waals surface area contributed by atoms with Crippen molar-refractivity contribution in [3.8, 4) is 5.75 Å². The van der Waals surface area contributed by atoms with Crippen molar-refractivity contribution in [2.24, 2.45) is 0 Å². The zero-order chi connectivity index (χ0) is 23.7. The summed E-state index contributed by atoms with van der Waals surface area (Å²) in [6.45, 7) is 6.48. The number of benzene rings is 3. The maximum atomic E-state index is 12.3. The standard InChI is InChI=1S/C27H31N3O3/c1-27(2,3)30-26(32)21-12-14-22(15-13-21)28-19-25(31)29-23-10-7-11-24(18-23)33-17-16-20-8-5-4-6-9-20/h4-15,18,28H,16-17,19H2,1-3H3,(H,29,31)(H,30,32). The number of amides is 2. The third kappa shape index (κ3) is 8.33. The molecule has 0 radical (unpaired) electrons. The zero-order valence-corrected chi connectivity index (χ0v) is 19.4. The van der Waals surface area contributed by atoms with Crippen molar-refractivity contribution in [2.75, 3.05) is 23.8 Å². The first kappa shape index (κ1) is 23.9. The van der Waals surface area contributed by atoms with Crippen molar-refractivity contribution < 1.29 is 14.3 Å². The van der Waals surface area contributed by atoms with Crippen LogP contribution >= 0.6 is 0 Å². The van der Waals surface area contributed by atoms with Crippen LogP contribution in [0.1, 0.15) is 36.7 Å². The number of hydrogen-bond acceptors (Lipinski definition) is 4. The molecule has 0 saturated carbocycles. The lowest BCUT2D eigenvalue weighted by atomic mass is 10.1. The molecule has 0 aliphatic carbocycles. The van der Waals surface area contributed by atoms with Crippen LogP contribution in [0.25, 0.3) is 0 Å². The highest BCUT2D eigenvalue weighted by Crippen LogP contribution is 2.18. The number of anilines is 2. The Bertz CT molecular complexity index is 1060. The fourth-order valence-corrected chi connectivity index (χ4v) is 3.13. The van der Waals surface area contributed by atoms with Crippen LogP contribution in [-0.4, -0.2) is 30.5 Å². The minimum atomic E-state index is -0.295. The summed E-state index contributed by atoms with van der Waals surface area (Å²) in [5, 5.41) is 8.87. The van der Waals surface area contributed by atoms with Gasteiger partial charge in [0.15, 0.2) is 0 Å². The van der Waals surface area contributed by atoms with E-state index < -0.39 is 0 Å². The summed E-state index contributed by atoms with van der Waals surface area (Å²) in [5.41, 5.74) is 2.93. The van der Waals surface area contributed by atoms with Gasteiger partial charge in [0.1, 0.15) is 5.75 Å². The van der Waals surface area contributed by atoms with Gasteiger partial charge in [0.25, 0.3) is 5.91 Å². The SMILES string of the molecule is CC(C)(C)NC(=O)c1ccc(NCC(=O)Nc2cccc(OCCc3ccccc3)c2)cc1. The van der Waals surface area contributed by atoms with E-state index in [0.29, 0.717) is 23.6 Å². The van der Waals surface area contributed by atoms with Crippen molar-refractivity contribution in [3.05, 3.63) is 90.0 Å². The van der Waals surface area contributed by atoms with E-state index in [4.69, 9.17) is 4.74 Å². The maximum Gasteiger partial charge on any atom is 0.251 e. The first-order valence-corrected chi connectivity index (χ1v) is 11.0. The normalized spacial score (nSPS) is 10.9. The van der Waals surface area contributed by atoms with Gasteiger partial charge in [0.05, 0.1) is 13.2 Å². The van der Waals surface area contributed by atoms with Gasteiger partial charge in [-0.2, -0.15) is 0 Å². The minimum Gasteiger partial charge on any atom is -0.493 e. The highest BCUT2D eigenvalue weighted by atomic mass is 16.5. The van der Waals surface area contributed by atoms with Crippen molar-refractivity contribution in [1.82, 2.24) is 5.32 Å². The van der Waals surface area contributed by atoms with Crippen LogP contribution in [0.4, 0.5) is 11.4 Å². The molecule has 0 atom stereocenters. The number of carbonyl (C=O) groups excluding carboxylic acids is 2. The Kier molecular flexibility index (Phi) is 8.08. The summed E-state index contributed by atoms with van der Waals surface area (Å²) in [6.07, 6.45) is 0.817. The van der Waals surface area contributed by atoms with E-state index in [-0.39, 0.29) is 23.9 Å². The molecule has 2 amide bonds. The quantitative estimate of drug-likeness (QED) is 0.438. The summed E-state index contributed by atoms with van der Waals surface area (Å²) in [5.74, 6) is 0.407. The van der Waals surface area contributed by atoms with Crippen LogP contribution < -0.4 is 20.7 Å². The first-order valence-electron chi connectivity index (χ1n) is 11.0. The van der Waals surface area contributed by atoms with Crippen LogP contribution in [0.15, 0.2) is 78.9 Å².